The van der Waals surface area contributed by atoms with E-state index in [1.807, 2.05) is 6.07 Å². The van der Waals surface area contributed by atoms with Crippen LogP contribution in [-0.4, -0.2) is 16.9 Å². The van der Waals surface area contributed by atoms with Crippen molar-refractivity contribution in [3.63, 3.8) is 0 Å². The second kappa shape index (κ2) is 6.62. The van der Waals surface area contributed by atoms with Gasteiger partial charge in [-0.1, -0.05) is 35.7 Å². The Morgan fingerprint density at radius 3 is 2.88 bits per heavy atom. The van der Waals surface area contributed by atoms with Crippen LogP contribution >= 0.6 is 11.8 Å². The molecular formula is C12H9NO2S. The van der Waals surface area contributed by atoms with Gasteiger partial charge in [0.15, 0.2) is 5.12 Å². The van der Waals surface area contributed by atoms with E-state index in [1.54, 1.807) is 18.2 Å². The van der Waals surface area contributed by atoms with Crippen molar-refractivity contribution in [3.8, 4) is 11.8 Å². The Morgan fingerprint density at radius 2 is 2.19 bits per heavy atom. The van der Waals surface area contributed by atoms with Crippen molar-refractivity contribution in [1.29, 1.82) is 0 Å². The van der Waals surface area contributed by atoms with Crippen LogP contribution in [0.3, 0.4) is 0 Å². The summed E-state index contributed by atoms with van der Waals surface area (Å²) in [6.07, 6.45) is 1.48. The van der Waals surface area contributed by atoms with Crippen LogP contribution in [0.4, 0.5) is 5.69 Å². The highest BCUT2D eigenvalue weighted by atomic mass is 32.2. The second-order valence-corrected chi connectivity index (χ2v) is 3.95. The van der Waals surface area contributed by atoms with E-state index in [4.69, 9.17) is 0 Å². The third kappa shape index (κ3) is 4.14. The van der Waals surface area contributed by atoms with Crippen LogP contribution in [0.1, 0.15) is 12.5 Å². The predicted molar refractivity (Wildman–Crippen MR) is 64.2 cm³/mol. The smallest absolute Gasteiger partial charge is 0.240 e. The average Bonchev–Trinajstić information content (AvgIpc) is 2.26. The molecule has 16 heavy (non-hydrogen) atoms. The maximum atomic E-state index is 10.6. The Morgan fingerprint density at radius 1 is 1.44 bits per heavy atom. The summed E-state index contributed by atoms with van der Waals surface area (Å²) in [6, 6.07) is 7.03. The normalized spacial score (nSPS) is 8.56. The van der Waals surface area contributed by atoms with Gasteiger partial charge in [-0.05, 0) is 12.1 Å². The molecule has 0 aliphatic heterocycles. The summed E-state index contributed by atoms with van der Waals surface area (Å²) < 4.78 is 0. The van der Waals surface area contributed by atoms with E-state index in [1.165, 1.54) is 13.0 Å². The molecule has 1 rings (SSSR count). The van der Waals surface area contributed by atoms with Crippen LogP contribution in [0, 0.1) is 11.8 Å². The molecule has 0 aliphatic rings. The lowest BCUT2D eigenvalue weighted by Crippen LogP contribution is -1.82. The third-order valence-electron chi connectivity index (χ3n) is 1.64. The average molecular weight is 231 g/mol. The van der Waals surface area contributed by atoms with Gasteiger partial charge >= 0.3 is 0 Å². The van der Waals surface area contributed by atoms with Gasteiger partial charge < -0.3 is 0 Å². The number of isocyanates is 1. The number of rotatable bonds is 2. The van der Waals surface area contributed by atoms with E-state index in [0.29, 0.717) is 17.0 Å². The topological polar surface area (TPSA) is 46.5 Å². The Balaban J connectivity index is 2.79. The van der Waals surface area contributed by atoms with Gasteiger partial charge in [0.25, 0.3) is 0 Å². The van der Waals surface area contributed by atoms with E-state index in [2.05, 4.69) is 16.8 Å². The summed E-state index contributed by atoms with van der Waals surface area (Å²) in [6.45, 7) is 1.50. The highest BCUT2D eigenvalue weighted by molar-refractivity contribution is 8.13. The van der Waals surface area contributed by atoms with Gasteiger partial charge in [-0.25, -0.2) is 4.79 Å². The summed E-state index contributed by atoms with van der Waals surface area (Å²) in [5.41, 5.74) is 1.16. The zero-order chi connectivity index (χ0) is 11.8. The molecule has 0 heterocycles. The lowest BCUT2D eigenvalue weighted by atomic mass is 10.2. The summed E-state index contributed by atoms with van der Waals surface area (Å²) in [7, 11) is 0. The number of nitrogens with zero attached hydrogens (tertiary/aromatic N) is 1. The molecule has 3 nitrogen and oxygen atoms in total. The molecule has 0 atom stereocenters. The molecule has 0 amide bonds. The van der Waals surface area contributed by atoms with Gasteiger partial charge in [0.05, 0.1) is 17.0 Å². The Bertz CT molecular complexity index is 493. The molecule has 1 aromatic rings. The van der Waals surface area contributed by atoms with E-state index < -0.39 is 0 Å². The number of hydrogen-bond donors (Lipinski definition) is 0. The fourth-order valence-corrected chi connectivity index (χ4v) is 1.34. The molecule has 0 saturated heterocycles. The third-order valence-corrected chi connectivity index (χ3v) is 2.34. The highest BCUT2D eigenvalue weighted by Gasteiger charge is 1.95. The molecule has 4 heteroatoms. The molecule has 0 N–H and O–H groups in total. The molecule has 0 radical (unpaired) electrons. The van der Waals surface area contributed by atoms with Gasteiger partial charge in [0.2, 0.25) is 6.08 Å². The fraction of sp³-hybridized carbons (Fsp3) is 0.167. The van der Waals surface area contributed by atoms with E-state index in [9.17, 15) is 9.59 Å². The Labute approximate surface area is 98.0 Å². The SMILES string of the molecule is CC(=O)SCC#Cc1ccccc1N=C=O. The van der Waals surface area contributed by atoms with Crippen molar-refractivity contribution in [3.05, 3.63) is 29.8 Å². The standard InChI is InChI=1S/C12H9NO2S/c1-10(15)16-8-4-6-11-5-2-3-7-12(11)13-9-14/h2-3,5,7H,8H2,1H3. The molecule has 0 bridgehead atoms. The lowest BCUT2D eigenvalue weighted by Gasteiger charge is -1.93. The van der Waals surface area contributed by atoms with Crippen LogP contribution in [0.5, 0.6) is 0 Å². The maximum absolute atomic E-state index is 10.6. The van der Waals surface area contributed by atoms with Crippen LogP contribution < -0.4 is 0 Å². The van der Waals surface area contributed by atoms with Gasteiger partial charge in [0.1, 0.15) is 0 Å². The van der Waals surface area contributed by atoms with Gasteiger partial charge in [-0.3, -0.25) is 4.79 Å². The number of carbonyl (C=O) groups is 1. The number of carbonyl (C=O) groups excluding carboxylic acids is 2. The first kappa shape index (κ1) is 12.3. The summed E-state index contributed by atoms with van der Waals surface area (Å²) in [5.74, 6) is 6.13. The molecule has 0 unspecified atom stereocenters. The number of para-hydroxylation sites is 1. The molecular weight excluding hydrogens is 222 g/mol. The first-order valence-corrected chi connectivity index (χ1v) is 5.51. The minimum absolute atomic E-state index is 0.0356. The van der Waals surface area contributed by atoms with Crippen molar-refractivity contribution < 1.29 is 9.59 Å². The fourth-order valence-electron chi connectivity index (χ4n) is 0.995. The number of hydrogen-bond acceptors (Lipinski definition) is 4. The van der Waals surface area contributed by atoms with E-state index >= 15 is 0 Å². The van der Waals surface area contributed by atoms with Crippen LogP contribution in [-0.2, 0) is 9.59 Å². The van der Waals surface area contributed by atoms with Crippen molar-refractivity contribution in [2.45, 2.75) is 6.92 Å². The van der Waals surface area contributed by atoms with Crippen LogP contribution in [0.15, 0.2) is 29.3 Å². The summed E-state index contributed by atoms with van der Waals surface area (Å²) in [5, 5.41) is 0.0356. The lowest BCUT2D eigenvalue weighted by molar-refractivity contribution is -0.109. The summed E-state index contributed by atoms with van der Waals surface area (Å²) >= 11 is 1.15. The maximum Gasteiger partial charge on any atom is 0.240 e. The van der Waals surface area contributed by atoms with E-state index in [0.717, 1.165) is 11.8 Å². The molecule has 1 aromatic carbocycles. The van der Waals surface area contributed by atoms with Crippen LogP contribution in [0.2, 0.25) is 0 Å². The van der Waals surface area contributed by atoms with Crippen molar-refractivity contribution in [2.24, 2.45) is 4.99 Å². The van der Waals surface area contributed by atoms with Crippen molar-refractivity contribution in [2.75, 3.05) is 5.75 Å². The molecule has 0 aromatic heterocycles. The number of benzene rings is 1. The molecule has 0 aliphatic carbocycles. The van der Waals surface area contributed by atoms with Crippen molar-refractivity contribution >= 4 is 28.6 Å². The summed E-state index contributed by atoms with van der Waals surface area (Å²) in [4.78, 5) is 24.3. The van der Waals surface area contributed by atoms with Gasteiger partial charge in [0, 0.05) is 6.92 Å². The zero-order valence-corrected chi connectivity index (χ0v) is 9.50. The first-order chi connectivity index (χ1) is 7.74. The number of aliphatic imine (C=N–C) groups is 1. The molecule has 0 saturated carbocycles. The monoisotopic (exact) mass is 231 g/mol. The van der Waals surface area contributed by atoms with Crippen molar-refractivity contribution in [1.82, 2.24) is 0 Å². The number of thioether (sulfide) groups is 1. The first-order valence-electron chi connectivity index (χ1n) is 4.53. The minimum atomic E-state index is 0.0356. The van der Waals surface area contributed by atoms with E-state index in [-0.39, 0.29) is 5.12 Å². The quantitative estimate of drug-likeness (QED) is 0.445. The Kier molecular flexibility index (Phi) is 5.07. The molecule has 0 fully saturated rings. The molecule has 0 spiro atoms. The zero-order valence-electron chi connectivity index (χ0n) is 8.69. The van der Waals surface area contributed by atoms with Gasteiger partial charge in [-0.2, -0.15) is 4.99 Å². The largest absolute Gasteiger partial charge is 0.288 e. The van der Waals surface area contributed by atoms with Crippen LogP contribution in [0.25, 0.3) is 0 Å². The highest BCUT2D eigenvalue weighted by Crippen LogP contribution is 2.16. The predicted octanol–water partition coefficient (Wildman–Crippen LogP) is 2.29. The second-order valence-electron chi connectivity index (χ2n) is 2.80. The minimum Gasteiger partial charge on any atom is -0.288 e. The molecule has 80 valence electrons. The van der Waals surface area contributed by atoms with Gasteiger partial charge in [-0.15, -0.1) is 0 Å². The Hall–Kier alpha value is -1.82.